The second kappa shape index (κ2) is 13.4. The predicted molar refractivity (Wildman–Crippen MR) is 244 cm³/mol. The molecule has 0 saturated heterocycles. The minimum absolute atomic E-state index is 0.600. The molecule has 0 saturated carbocycles. The molecule has 0 N–H and O–H groups in total. The first-order valence-electron chi connectivity index (χ1n) is 19.5. The number of benzene rings is 9. The summed E-state index contributed by atoms with van der Waals surface area (Å²) in [6.07, 6.45) is 1.51. The van der Waals surface area contributed by atoms with Gasteiger partial charge in [0.25, 0.3) is 0 Å². The summed E-state index contributed by atoms with van der Waals surface area (Å²) in [6.45, 7) is 0. The van der Waals surface area contributed by atoms with E-state index in [2.05, 4.69) is 173 Å². The van der Waals surface area contributed by atoms with Crippen LogP contribution in [-0.4, -0.2) is 9.97 Å². The van der Waals surface area contributed by atoms with Crippen LogP contribution in [0.1, 0.15) is 0 Å². The highest BCUT2D eigenvalue weighted by Gasteiger charge is 2.22. The minimum Gasteiger partial charge on any atom is -0.443 e. The molecule has 0 unspecified atom stereocenters. The van der Waals surface area contributed by atoms with Crippen LogP contribution in [0.2, 0.25) is 0 Å². The third-order valence-corrected chi connectivity index (χ3v) is 12.3. The Hall–Kier alpha value is -7.74. The number of nitrogens with zero attached hydrogens (tertiary/aromatic N) is 4. The van der Waals surface area contributed by atoms with Crippen molar-refractivity contribution in [3.8, 4) is 11.5 Å². The smallest absolute Gasteiger partial charge is 0.227 e. The van der Waals surface area contributed by atoms with E-state index in [-0.39, 0.29) is 0 Å². The number of aromatic nitrogens is 2. The molecule has 6 nitrogen and oxygen atoms in total. The van der Waals surface area contributed by atoms with Gasteiger partial charge in [0.2, 0.25) is 5.89 Å². The molecule has 3 aromatic heterocycles. The Balaban J connectivity index is 1.04. The van der Waals surface area contributed by atoms with Crippen molar-refractivity contribution in [2.45, 2.75) is 0 Å². The molecule has 12 aromatic rings. The Kier molecular flexibility index (Phi) is 7.61. The van der Waals surface area contributed by atoms with E-state index in [0.717, 1.165) is 61.9 Å². The summed E-state index contributed by atoms with van der Waals surface area (Å²) in [5.74, 6) is 0.600. The van der Waals surface area contributed by atoms with E-state index in [1.165, 1.54) is 48.1 Å². The van der Waals surface area contributed by atoms with Gasteiger partial charge in [0, 0.05) is 49.9 Å². The summed E-state index contributed by atoms with van der Waals surface area (Å²) in [5.41, 5.74) is 10.4. The summed E-state index contributed by atoms with van der Waals surface area (Å²) >= 11 is 1.84. The molecule has 0 fully saturated rings. The third-order valence-electron chi connectivity index (χ3n) is 11.1. The quantitative estimate of drug-likeness (QED) is 0.161. The molecule has 3 heterocycles. The van der Waals surface area contributed by atoms with Crippen molar-refractivity contribution in [3.05, 3.63) is 194 Å². The van der Waals surface area contributed by atoms with Crippen LogP contribution in [0, 0.1) is 0 Å². The molecule has 0 aliphatic heterocycles. The van der Waals surface area contributed by atoms with Gasteiger partial charge in [-0.2, -0.15) is 0 Å². The van der Waals surface area contributed by atoms with Crippen molar-refractivity contribution >= 4 is 109 Å². The van der Waals surface area contributed by atoms with Gasteiger partial charge in [0.15, 0.2) is 17.6 Å². The fourth-order valence-electron chi connectivity index (χ4n) is 8.43. The first-order chi connectivity index (χ1) is 29.2. The lowest BCUT2D eigenvalue weighted by molar-refractivity contribution is 0.602. The molecule has 0 amide bonds. The van der Waals surface area contributed by atoms with Crippen LogP contribution >= 0.6 is 11.3 Å². The fraction of sp³-hybridized carbons (Fsp3) is 0. The molecule has 0 spiro atoms. The maximum Gasteiger partial charge on any atom is 0.227 e. The monoisotopic (exact) mass is 776 g/mol. The van der Waals surface area contributed by atoms with Crippen LogP contribution < -0.4 is 9.80 Å². The van der Waals surface area contributed by atoms with E-state index < -0.39 is 0 Å². The van der Waals surface area contributed by atoms with E-state index in [9.17, 15) is 0 Å². The summed E-state index contributed by atoms with van der Waals surface area (Å²) in [4.78, 5) is 13.8. The molecule has 0 radical (unpaired) electrons. The van der Waals surface area contributed by atoms with Gasteiger partial charge in [-0.3, -0.25) is 0 Å². The number of thiophene rings is 1. The number of rotatable bonds is 7. The number of fused-ring (bicyclic) bond motifs is 8. The van der Waals surface area contributed by atoms with E-state index in [0.29, 0.717) is 5.89 Å². The zero-order chi connectivity index (χ0) is 38.9. The van der Waals surface area contributed by atoms with Crippen LogP contribution in [0.25, 0.3) is 75.4 Å². The summed E-state index contributed by atoms with van der Waals surface area (Å²) in [6, 6.07) is 66.2. The average molecular weight is 777 g/mol. The Morgan fingerprint density at radius 1 is 0.458 bits per heavy atom. The van der Waals surface area contributed by atoms with Crippen molar-refractivity contribution < 1.29 is 8.83 Å². The Bertz CT molecular complexity index is 3500. The minimum atomic E-state index is 0.600. The topological polar surface area (TPSA) is 58.5 Å². The Labute approximate surface area is 342 Å². The lowest BCUT2D eigenvalue weighted by Crippen LogP contribution is -2.10. The van der Waals surface area contributed by atoms with Crippen molar-refractivity contribution in [2.75, 3.05) is 9.80 Å². The summed E-state index contributed by atoms with van der Waals surface area (Å²) in [5, 5.41) is 7.27. The van der Waals surface area contributed by atoms with Crippen LogP contribution in [0.15, 0.2) is 203 Å². The molecule has 12 rings (SSSR count). The molecular weight excluding hydrogens is 745 g/mol. The van der Waals surface area contributed by atoms with E-state index in [1.807, 2.05) is 41.7 Å². The van der Waals surface area contributed by atoms with Gasteiger partial charge in [-0.15, -0.1) is 11.3 Å². The molecule has 7 heteroatoms. The molecule has 59 heavy (non-hydrogen) atoms. The van der Waals surface area contributed by atoms with Gasteiger partial charge < -0.3 is 18.6 Å². The van der Waals surface area contributed by atoms with Crippen molar-refractivity contribution in [1.29, 1.82) is 0 Å². The van der Waals surface area contributed by atoms with Gasteiger partial charge >= 0.3 is 0 Å². The van der Waals surface area contributed by atoms with Gasteiger partial charge in [0.05, 0.1) is 16.1 Å². The van der Waals surface area contributed by atoms with Crippen molar-refractivity contribution in [3.63, 3.8) is 0 Å². The highest BCUT2D eigenvalue weighted by Crippen LogP contribution is 2.49. The normalized spacial score (nSPS) is 11.7. The van der Waals surface area contributed by atoms with Crippen molar-refractivity contribution in [1.82, 2.24) is 9.97 Å². The lowest BCUT2D eigenvalue weighted by Gasteiger charge is -2.26. The van der Waals surface area contributed by atoms with Gasteiger partial charge in [-0.25, -0.2) is 9.97 Å². The molecule has 0 aliphatic carbocycles. The largest absolute Gasteiger partial charge is 0.443 e. The zero-order valence-corrected chi connectivity index (χ0v) is 32.3. The number of anilines is 6. The van der Waals surface area contributed by atoms with E-state index in [1.54, 1.807) is 0 Å². The summed E-state index contributed by atoms with van der Waals surface area (Å²) in [7, 11) is 0. The lowest BCUT2D eigenvalue weighted by atomic mass is 9.99. The average Bonchev–Trinajstić information content (AvgIpc) is 4.04. The maximum atomic E-state index is 6.20. The van der Waals surface area contributed by atoms with E-state index >= 15 is 0 Å². The molecule has 0 atom stereocenters. The van der Waals surface area contributed by atoms with Gasteiger partial charge in [0.1, 0.15) is 11.0 Å². The fourth-order valence-corrected chi connectivity index (χ4v) is 9.68. The van der Waals surface area contributed by atoms with Crippen LogP contribution in [0.3, 0.4) is 0 Å². The number of hydrogen-bond acceptors (Lipinski definition) is 7. The maximum absolute atomic E-state index is 6.20. The van der Waals surface area contributed by atoms with Gasteiger partial charge in [-0.05, 0) is 119 Å². The van der Waals surface area contributed by atoms with Crippen LogP contribution in [0.4, 0.5) is 34.1 Å². The molecular formula is C52H32N4O2S. The SMILES string of the molecule is c1ccc(N(c2cccc(-c3nc4ccccc4o3)c2)c2ccc3cc4c(cc3c2)sc2c(N(c3ccccc3)c3ccc5ncoc5c3)cc3ccccc3c24)cc1. The Morgan fingerprint density at radius 3 is 2.05 bits per heavy atom. The molecule has 0 aliphatic rings. The number of para-hydroxylation sites is 4. The first kappa shape index (κ1) is 33.4. The molecule has 9 aromatic carbocycles. The second-order valence-electron chi connectivity index (χ2n) is 14.7. The van der Waals surface area contributed by atoms with Crippen LogP contribution in [0.5, 0.6) is 0 Å². The van der Waals surface area contributed by atoms with Crippen LogP contribution in [-0.2, 0) is 0 Å². The number of oxazole rings is 2. The molecule has 278 valence electrons. The molecule has 0 bridgehead atoms. The summed E-state index contributed by atoms with van der Waals surface area (Å²) < 4.78 is 14.5. The second-order valence-corrected chi connectivity index (χ2v) is 15.7. The standard InChI is InChI=1S/C52H32N4O2S/c1-3-14-37(15-4-1)55(39-18-11-13-35(26-39)52-54-45-20-9-10-21-47(45)58-52)40-23-22-33-28-43-49(30-36(33)27-40)59-51-46(29-34-12-7-8-19-42(34)50(43)51)56(38-16-5-2-6-17-38)41-24-25-44-48(31-41)57-32-53-44/h1-32H. The highest BCUT2D eigenvalue weighted by atomic mass is 32.1. The predicted octanol–water partition coefficient (Wildman–Crippen LogP) is 15.2. The zero-order valence-electron chi connectivity index (χ0n) is 31.5. The third kappa shape index (κ3) is 5.62. The number of hydrogen-bond donors (Lipinski definition) is 0. The highest BCUT2D eigenvalue weighted by molar-refractivity contribution is 7.26. The first-order valence-corrected chi connectivity index (χ1v) is 20.3. The van der Waals surface area contributed by atoms with Gasteiger partial charge in [-0.1, -0.05) is 84.9 Å². The van der Waals surface area contributed by atoms with Crippen molar-refractivity contribution in [2.24, 2.45) is 0 Å². The Morgan fingerprint density at radius 2 is 1.19 bits per heavy atom. The van der Waals surface area contributed by atoms with E-state index in [4.69, 9.17) is 13.8 Å².